The van der Waals surface area contributed by atoms with Gasteiger partial charge < -0.3 is 9.47 Å². The Hall–Kier alpha value is -0.830. The van der Waals surface area contributed by atoms with E-state index in [1.807, 2.05) is 13.8 Å². The van der Waals surface area contributed by atoms with E-state index in [-0.39, 0.29) is 0 Å². The largest absolute Gasteiger partial charge is 0.433 e. The molecule has 1 unspecified atom stereocenters. The van der Waals surface area contributed by atoms with E-state index < -0.39 is 12.3 Å². The van der Waals surface area contributed by atoms with Crippen molar-refractivity contribution in [3.05, 3.63) is 12.7 Å². The molecule has 3 nitrogen and oxygen atoms in total. The van der Waals surface area contributed by atoms with E-state index in [2.05, 4.69) is 6.58 Å². The molecule has 70 valence electrons. The van der Waals surface area contributed by atoms with Gasteiger partial charge in [0.1, 0.15) is 0 Å². The van der Waals surface area contributed by atoms with Crippen LogP contribution in [0.15, 0.2) is 12.7 Å². The first kappa shape index (κ1) is 11.2. The van der Waals surface area contributed by atoms with Crippen LogP contribution in [0.2, 0.25) is 0 Å². The van der Waals surface area contributed by atoms with Crippen LogP contribution in [0.25, 0.3) is 0 Å². The molecule has 0 bridgehead atoms. The molecule has 0 rings (SSSR count). The van der Waals surface area contributed by atoms with Gasteiger partial charge in [0.15, 0.2) is 0 Å². The lowest BCUT2D eigenvalue weighted by molar-refractivity contribution is -0.173. The van der Waals surface area contributed by atoms with Crippen LogP contribution in [-0.2, 0) is 14.3 Å². The molecule has 0 spiro atoms. The summed E-state index contributed by atoms with van der Waals surface area (Å²) in [6.07, 6.45) is 2.38. The minimum absolute atomic E-state index is 0.412. The summed E-state index contributed by atoms with van der Waals surface area (Å²) in [5.41, 5.74) is 0. The van der Waals surface area contributed by atoms with Crippen molar-refractivity contribution >= 4 is 5.97 Å². The second kappa shape index (κ2) is 6.85. The standard InChI is InChI=1S/C9H16O3/c1-4-7-9(11-6-3)12-8(10)5-2/h5,9H,2,4,6-7H2,1,3H3. The average molecular weight is 172 g/mol. The van der Waals surface area contributed by atoms with Gasteiger partial charge >= 0.3 is 5.97 Å². The van der Waals surface area contributed by atoms with E-state index in [0.29, 0.717) is 6.61 Å². The summed E-state index contributed by atoms with van der Waals surface area (Å²) in [5, 5.41) is 0. The zero-order valence-electron chi connectivity index (χ0n) is 7.71. The molecule has 0 aromatic carbocycles. The summed E-state index contributed by atoms with van der Waals surface area (Å²) in [6, 6.07) is 0. The Kier molecular flexibility index (Phi) is 6.38. The Labute approximate surface area is 73.4 Å². The second-order valence-corrected chi connectivity index (χ2v) is 2.31. The number of hydrogen-bond acceptors (Lipinski definition) is 3. The molecule has 1 atom stereocenters. The quantitative estimate of drug-likeness (QED) is 0.348. The first-order valence-electron chi connectivity index (χ1n) is 4.19. The maximum Gasteiger partial charge on any atom is 0.332 e. The topological polar surface area (TPSA) is 35.5 Å². The fraction of sp³-hybridized carbons (Fsp3) is 0.667. The summed E-state index contributed by atoms with van der Waals surface area (Å²) < 4.78 is 10.1. The van der Waals surface area contributed by atoms with E-state index in [0.717, 1.165) is 18.9 Å². The molecule has 0 saturated heterocycles. The zero-order chi connectivity index (χ0) is 9.40. The summed E-state index contributed by atoms with van der Waals surface area (Å²) in [5.74, 6) is -0.429. The normalized spacial score (nSPS) is 12.2. The zero-order valence-corrected chi connectivity index (χ0v) is 7.71. The van der Waals surface area contributed by atoms with Crippen LogP contribution in [0.4, 0.5) is 0 Å². The predicted octanol–water partition coefficient (Wildman–Crippen LogP) is 1.88. The van der Waals surface area contributed by atoms with Crippen molar-refractivity contribution in [3.63, 3.8) is 0 Å². The molecule has 0 aromatic heterocycles. The Morgan fingerprint density at radius 3 is 2.67 bits per heavy atom. The Morgan fingerprint density at radius 2 is 2.25 bits per heavy atom. The third-order valence-electron chi connectivity index (χ3n) is 1.29. The first-order valence-corrected chi connectivity index (χ1v) is 4.19. The van der Waals surface area contributed by atoms with Gasteiger partial charge in [-0.3, -0.25) is 0 Å². The van der Waals surface area contributed by atoms with Gasteiger partial charge in [-0.15, -0.1) is 0 Å². The molecular weight excluding hydrogens is 156 g/mol. The minimum Gasteiger partial charge on any atom is -0.433 e. The molecule has 0 aliphatic carbocycles. The predicted molar refractivity (Wildman–Crippen MR) is 46.6 cm³/mol. The van der Waals surface area contributed by atoms with Gasteiger partial charge in [0.05, 0.1) is 0 Å². The highest BCUT2D eigenvalue weighted by molar-refractivity contribution is 5.81. The molecule has 0 fully saturated rings. The molecule has 0 aliphatic heterocycles. The monoisotopic (exact) mass is 172 g/mol. The van der Waals surface area contributed by atoms with Crippen LogP contribution in [0.1, 0.15) is 26.7 Å². The van der Waals surface area contributed by atoms with Crippen molar-refractivity contribution in [2.75, 3.05) is 6.61 Å². The fourth-order valence-electron chi connectivity index (χ4n) is 0.776. The van der Waals surface area contributed by atoms with E-state index in [1.165, 1.54) is 0 Å². The lowest BCUT2D eigenvalue weighted by Crippen LogP contribution is -2.20. The van der Waals surface area contributed by atoms with Crippen molar-refractivity contribution < 1.29 is 14.3 Å². The van der Waals surface area contributed by atoms with Gasteiger partial charge in [0.25, 0.3) is 0 Å². The summed E-state index contributed by atoms with van der Waals surface area (Å²) in [7, 11) is 0. The molecule has 0 aromatic rings. The van der Waals surface area contributed by atoms with E-state index in [1.54, 1.807) is 0 Å². The highest BCUT2D eigenvalue weighted by atomic mass is 16.7. The van der Waals surface area contributed by atoms with Crippen molar-refractivity contribution in [3.8, 4) is 0 Å². The molecular formula is C9H16O3. The number of carbonyl (C=O) groups excluding carboxylic acids is 1. The molecule has 0 N–H and O–H groups in total. The molecule has 0 heterocycles. The van der Waals surface area contributed by atoms with Crippen LogP contribution in [0, 0.1) is 0 Å². The molecule has 0 amide bonds. The van der Waals surface area contributed by atoms with Crippen LogP contribution in [0.5, 0.6) is 0 Å². The first-order chi connectivity index (χ1) is 5.74. The number of esters is 1. The number of rotatable bonds is 6. The smallest absolute Gasteiger partial charge is 0.332 e. The number of carbonyl (C=O) groups is 1. The Balaban J connectivity index is 3.76. The molecule has 12 heavy (non-hydrogen) atoms. The van der Waals surface area contributed by atoms with Gasteiger partial charge in [0.2, 0.25) is 6.29 Å². The maximum absolute atomic E-state index is 10.8. The highest BCUT2D eigenvalue weighted by Gasteiger charge is 2.10. The number of ether oxygens (including phenoxy) is 2. The van der Waals surface area contributed by atoms with E-state index in [9.17, 15) is 4.79 Å². The van der Waals surface area contributed by atoms with Crippen molar-refractivity contribution in [2.45, 2.75) is 33.0 Å². The minimum atomic E-state index is -0.429. The lowest BCUT2D eigenvalue weighted by atomic mass is 10.3. The summed E-state index contributed by atoms with van der Waals surface area (Å²) in [4.78, 5) is 10.8. The molecule has 0 radical (unpaired) electrons. The number of hydrogen-bond donors (Lipinski definition) is 0. The van der Waals surface area contributed by atoms with Gasteiger partial charge in [-0.2, -0.15) is 0 Å². The van der Waals surface area contributed by atoms with Crippen LogP contribution < -0.4 is 0 Å². The summed E-state index contributed by atoms with van der Waals surface area (Å²) in [6.45, 7) is 7.73. The van der Waals surface area contributed by atoms with Gasteiger partial charge in [-0.05, 0) is 6.92 Å². The van der Waals surface area contributed by atoms with Crippen LogP contribution >= 0.6 is 0 Å². The molecule has 3 heteroatoms. The highest BCUT2D eigenvalue weighted by Crippen LogP contribution is 2.04. The van der Waals surface area contributed by atoms with Gasteiger partial charge in [-0.1, -0.05) is 19.9 Å². The Morgan fingerprint density at radius 1 is 1.58 bits per heavy atom. The lowest BCUT2D eigenvalue weighted by Gasteiger charge is -2.15. The third-order valence-corrected chi connectivity index (χ3v) is 1.29. The molecule has 0 aliphatic rings. The third kappa shape index (κ3) is 4.91. The van der Waals surface area contributed by atoms with Crippen molar-refractivity contribution in [1.29, 1.82) is 0 Å². The SMILES string of the molecule is C=CC(=O)OC(CCC)OCC. The summed E-state index contributed by atoms with van der Waals surface area (Å²) >= 11 is 0. The van der Waals surface area contributed by atoms with E-state index >= 15 is 0 Å². The average Bonchev–Trinajstić information content (AvgIpc) is 2.05. The van der Waals surface area contributed by atoms with Crippen LogP contribution in [-0.4, -0.2) is 18.9 Å². The fourth-order valence-corrected chi connectivity index (χ4v) is 0.776. The van der Waals surface area contributed by atoms with E-state index in [4.69, 9.17) is 9.47 Å². The maximum atomic E-state index is 10.8. The van der Waals surface area contributed by atoms with Crippen LogP contribution in [0.3, 0.4) is 0 Å². The second-order valence-electron chi connectivity index (χ2n) is 2.31. The van der Waals surface area contributed by atoms with Gasteiger partial charge in [-0.25, -0.2) is 4.79 Å². The van der Waals surface area contributed by atoms with Crippen molar-refractivity contribution in [1.82, 2.24) is 0 Å². The Bertz CT molecular complexity index is 137. The molecule has 0 saturated carbocycles. The van der Waals surface area contributed by atoms with Crippen molar-refractivity contribution in [2.24, 2.45) is 0 Å². The van der Waals surface area contributed by atoms with Gasteiger partial charge in [0, 0.05) is 19.1 Å².